The van der Waals surface area contributed by atoms with Gasteiger partial charge >= 0.3 is 0 Å². The summed E-state index contributed by atoms with van der Waals surface area (Å²) in [6.07, 6.45) is 0. The molecule has 0 aromatic heterocycles. The van der Waals surface area contributed by atoms with Crippen LogP contribution in [0.5, 0.6) is 0 Å². The summed E-state index contributed by atoms with van der Waals surface area (Å²) in [6.45, 7) is 0. The van der Waals surface area contributed by atoms with Gasteiger partial charge in [-0.05, 0) is 35.9 Å². The molecule has 20 heavy (non-hydrogen) atoms. The van der Waals surface area contributed by atoms with Gasteiger partial charge in [0.25, 0.3) is 0 Å². The predicted octanol–water partition coefficient (Wildman–Crippen LogP) is 3.15. The zero-order valence-electron chi connectivity index (χ0n) is 10.4. The van der Waals surface area contributed by atoms with Gasteiger partial charge in [-0.15, -0.1) is 0 Å². The van der Waals surface area contributed by atoms with E-state index in [2.05, 4.69) is 4.72 Å². The normalized spacial score (nSPS) is 10.8. The first kappa shape index (κ1) is 14.4. The first-order valence-electron chi connectivity index (χ1n) is 5.74. The highest BCUT2D eigenvalue weighted by Crippen LogP contribution is 2.17. The summed E-state index contributed by atoms with van der Waals surface area (Å²) < 4.78 is 26.6. The average Bonchev–Trinajstić information content (AvgIpc) is 2.41. The summed E-state index contributed by atoms with van der Waals surface area (Å²) in [5.41, 5.74) is 1.26. The summed E-state index contributed by atoms with van der Waals surface area (Å²) in [5.74, 6) is -0.251. The first-order chi connectivity index (χ1) is 9.50. The van der Waals surface area contributed by atoms with Gasteiger partial charge in [0, 0.05) is 10.7 Å². The van der Waals surface area contributed by atoms with Crippen molar-refractivity contribution in [1.82, 2.24) is 0 Å². The Kier molecular flexibility index (Phi) is 4.28. The Morgan fingerprint density at radius 1 is 1.10 bits per heavy atom. The van der Waals surface area contributed by atoms with Crippen molar-refractivity contribution in [3.63, 3.8) is 0 Å². The van der Waals surface area contributed by atoms with E-state index in [4.69, 9.17) is 16.9 Å². The minimum atomic E-state index is -3.58. The highest BCUT2D eigenvalue weighted by Gasteiger charge is 2.14. The third-order valence-electron chi connectivity index (χ3n) is 2.60. The zero-order valence-corrected chi connectivity index (χ0v) is 11.9. The van der Waals surface area contributed by atoms with E-state index in [1.54, 1.807) is 48.5 Å². The first-order valence-corrected chi connectivity index (χ1v) is 7.77. The minimum absolute atomic E-state index is 0.251. The Bertz CT molecular complexity index is 749. The molecular formula is C14H11ClN2O2S. The van der Waals surface area contributed by atoms with Crippen molar-refractivity contribution in [1.29, 1.82) is 5.26 Å². The summed E-state index contributed by atoms with van der Waals surface area (Å²) >= 11 is 5.74. The standard InChI is InChI=1S/C14H11ClN2O2S/c15-13-5-7-14(8-6-13)17-20(18,19)10-12-4-2-1-3-11(12)9-16/h1-8,17H,10H2. The number of sulfonamides is 1. The van der Waals surface area contributed by atoms with Crippen LogP contribution in [0.3, 0.4) is 0 Å². The molecule has 0 saturated carbocycles. The van der Waals surface area contributed by atoms with Crippen LogP contribution in [0.25, 0.3) is 0 Å². The Balaban J connectivity index is 2.19. The monoisotopic (exact) mass is 306 g/mol. The van der Waals surface area contributed by atoms with Crippen LogP contribution in [-0.4, -0.2) is 8.42 Å². The number of nitriles is 1. The molecule has 6 heteroatoms. The third-order valence-corrected chi connectivity index (χ3v) is 4.09. The number of rotatable bonds is 4. The van der Waals surface area contributed by atoms with E-state index in [0.29, 0.717) is 21.8 Å². The van der Waals surface area contributed by atoms with Crippen molar-refractivity contribution in [3.8, 4) is 6.07 Å². The molecule has 0 amide bonds. The lowest BCUT2D eigenvalue weighted by Crippen LogP contribution is -2.15. The van der Waals surface area contributed by atoms with Crippen molar-refractivity contribution in [2.75, 3.05) is 4.72 Å². The molecular weight excluding hydrogens is 296 g/mol. The largest absolute Gasteiger partial charge is 0.283 e. The molecule has 0 bridgehead atoms. The van der Waals surface area contributed by atoms with E-state index >= 15 is 0 Å². The van der Waals surface area contributed by atoms with Crippen LogP contribution in [0, 0.1) is 11.3 Å². The number of hydrogen-bond acceptors (Lipinski definition) is 3. The molecule has 0 spiro atoms. The number of anilines is 1. The Morgan fingerprint density at radius 2 is 1.75 bits per heavy atom. The zero-order chi connectivity index (χ0) is 14.6. The van der Waals surface area contributed by atoms with Gasteiger partial charge in [-0.2, -0.15) is 5.26 Å². The van der Waals surface area contributed by atoms with Gasteiger partial charge in [-0.1, -0.05) is 29.8 Å². The minimum Gasteiger partial charge on any atom is -0.283 e. The topological polar surface area (TPSA) is 70.0 Å². The van der Waals surface area contributed by atoms with Crippen molar-refractivity contribution in [2.24, 2.45) is 0 Å². The maximum absolute atomic E-state index is 12.1. The number of halogens is 1. The van der Waals surface area contributed by atoms with Gasteiger partial charge in [0.15, 0.2) is 0 Å². The Labute approximate surface area is 122 Å². The van der Waals surface area contributed by atoms with E-state index in [1.807, 2.05) is 6.07 Å². The summed E-state index contributed by atoms with van der Waals surface area (Å²) in [4.78, 5) is 0. The molecule has 0 heterocycles. The predicted molar refractivity (Wildman–Crippen MR) is 78.9 cm³/mol. The Morgan fingerprint density at radius 3 is 2.40 bits per heavy atom. The second-order valence-corrected chi connectivity index (χ2v) is 6.30. The lowest BCUT2D eigenvalue weighted by atomic mass is 10.1. The van der Waals surface area contributed by atoms with Crippen LogP contribution in [0.15, 0.2) is 48.5 Å². The fourth-order valence-corrected chi connectivity index (χ4v) is 3.05. The molecule has 4 nitrogen and oxygen atoms in total. The van der Waals surface area contributed by atoms with Crippen molar-refractivity contribution in [2.45, 2.75) is 5.75 Å². The average molecular weight is 307 g/mol. The van der Waals surface area contributed by atoms with Crippen molar-refractivity contribution >= 4 is 27.3 Å². The second kappa shape index (κ2) is 5.95. The van der Waals surface area contributed by atoms with Crippen LogP contribution in [0.4, 0.5) is 5.69 Å². The molecule has 102 valence electrons. The van der Waals surface area contributed by atoms with Crippen LogP contribution in [-0.2, 0) is 15.8 Å². The molecule has 0 atom stereocenters. The van der Waals surface area contributed by atoms with E-state index in [1.165, 1.54) is 0 Å². The van der Waals surface area contributed by atoms with Gasteiger partial charge in [0.2, 0.25) is 10.0 Å². The number of hydrogen-bond donors (Lipinski definition) is 1. The van der Waals surface area contributed by atoms with Crippen LogP contribution in [0.2, 0.25) is 5.02 Å². The lowest BCUT2D eigenvalue weighted by molar-refractivity contribution is 0.600. The van der Waals surface area contributed by atoms with Gasteiger partial charge in [-0.3, -0.25) is 4.72 Å². The molecule has 0 aliphatic carbocycles. The fraction of sp³-hybridized carbons (Fsp3) is 0.0714. The quantitative estimate of drug-likeness (QED) is 0.943. The molecule has 0 aliphatic heterocycles. The number of nitrogens with zero attached hydrogens (tertiary/aromatic N) is 1. The second-order valence-electron chi connectivity index (χ2n) is 4.14. The molecule has 2 aromatic carbocycles. The molecule has 1 N–H and O–H groups in total. The van der Waals surface area contributed by atoms with Gasteiger partial charge in [0.1, 0.15) is 0 Å². The summed E-state index contributed by atoms with van der Waals surface area (Å²) in [6, 6.07) is 15.0. The van der Waals surface area contributed by atoms with E-state index in [0.717, 1.165) is 0 Å². The summed E-state index contributed by atoms with van der Waals surface area (Å²) in [5, 5.41) is 9.49. The molecule has 2 rings (SSSR count). The maximum Gasteiger partial charge on any atom is 0.236 e. The molecule has 0 aliphatic rings. The highest BCUT2D eigenvalue weighted by atomic mass is 35.5. The fourth-order valence-electron chi connectivity index (χ4n) is 1.69. The Hall–Kier alpha value is -2.03. The van der Waals surface area contributed by atoms with Crippen LogP contribution < -0.4 is 4.72 Å². The third kappa shape index (κ3) is 3.73. The van der Waals surface area contributed by atoms with E-state index < -0.39 is 10.0 Å². The van der Waals surface area contributed by atoms with E-state index in [-0.39, 0.29) is 5.75 Å². The maximum atomic E-state index is 12.1. The molecule has 0 unspecified atom stereocenters. The van der Waals surface area contributed by atoms with Crippen molar-refractivity contribution in [3.05, 3.63) is 64.7 Å². The van der Waals surface area contributed by atoms with Crippen LogP contribution >= 0.6 is 11.6 Å². The smallest absolute Gasteiger partial charge is 0.236 e. The number of benzene rings is 2. The molecule has 0 radical (unpaired) electrons. The SMILES string of the molecule is N#Cc1ccccc1CS(=O)(=O)Nc1ccc(Cl)cc1. The van der Waals surface area contributed by atoms with E-state index in [9.17, 15) is 8.42 Å². The van der Waals surface area contributed by atoms with Gasteiger partial charge in [0.05, 0.1) is 17.4 Å². The van der Waals surface area contributed by atoms with Gasteiger partial charge < -0.3 is 0 Å². The number of nitrogens with one attached hydrogen (secondary N) is 1. The highest BCUT2D eigenvalue weighted by molar-refractivity contribution is 7.91. The molecule has 2 aromatic rings. The molecule has 0 fully saturated rings. The summed E-state index contributed by atoms with van der Waals surface area (Å²) in [7, 11) is -3.58. The van der Waals surface area contributed by atoms with Gasteiger partial charge in [-0.25, -0.2) is 8.42 Å². The lowest BCUT2D eigenvalue weighted by Gasteiger charge is -2.09. The van der Waals surface area contributed by atoms with Crippen molar-refractivity contribution < 1.29 is 8.42 Å². The van der Waals surface area contributed by atoms with Crippen LogP contribution in [0.1, 0.15) is 11.1 Å². The molecule has 0 saturated heterocycles.